The maximum atomic E-state index is 11.8. The zero-order valence-electron chi connectivity index (χ0n) is 11.5. The molecule has 0 spiro atoms. The predicted molar refractivity (Wildman–Crippen MR) is 78.6 cm³/mol. The van der Waals surface area contributed by atoms with Gasteiger partial charge >= 0.3 is 0 Å². The van der Waals surface area contributed by atoms with Crippen molar-refractivity contribution in [3.05, 3.63) is 70.6 Å². The summed E-state index contributed by atoms with van der Waals surface area (Å²) in [4.78, 5) is 23.3. The van der Waals surface area contributed by atoms with Gasteiger partial charge < -0.3 is 9.88 Å². The van der Waals surface area contributed by atoms with E-state index in [1.54, 1.807) is 18.3 Å². The van der Waals surface area contributed by atoms with Crippen molar-refractivity contribution in [2.75, 3.05) is 6.54 Å². The van der Waals surface area contributed by atoms with E-state index in [0.717, 1.165) is 0 Å². The van der Waals surface area contributed by atoms with E-state index in [1.807, 2.05) is 30.3 Å². The molecular weight excluding hydrogens is 252 g/mol. The fourth-order valence-corrected chi connectivity index (χ4v) is 1.97. The Morgan fingerprint density at radius 3 is 2.55 bits per heavy atom. The summed E-state index contributed by atoms with van der Waals surface area (Å²) in [7, 11) is 0. The first-order valence-electron chi connectivity index (χ1n) is 6.64. The first-order chi connectivity index (χ1) is 9.66. The average molecular weight is 270 g/mol. The van der Waals surface area contributed by atoms with Gasteiger partial charge in [-0.2, -0.15) is 0 Å². The van der Waals surface area contributed by atoms with E-state index < -0.39 is 0 Å². The second-order valence-corrected chi connectivity index (χ2v) is 4.78. The molecule has 0 saturated carbocycles. The molecule has 0 aliphatic heterocycles. The minimum absolute atomic E-state index is 0.0567. The molecule has 0 aliphatic carbocycles. The lowest BCUT2D eigenvalue weighted by Gasteiger charge is -2.13. The molecule has 20 heavy (non-hydrogen) atoms. The molecule has 0 aliphatic rings. The topological polar surface area (TPSA) is 51.1 Å². The first-order valence-corrected chi connectivity index (χ1v) is 6.64. The molecule has 104 valence electrons. The summed E-state index contributed by atoms with van der Waals surface area (Å²) < 4.78 is 1.39. The van der Waals surface area contributed by atoms with Gasteiger partial charge in [0.2, 0.25) is 5.91 Å². The summed E-state index contributed by atoms with van der Waals surface area (Å²) in [6, 6.07) is 14.9. The molecule has 4 nitrogen and oxygen atoms in total. The Bertz CT molecular complexity index is 620. The lowest BCUT2D eigenvalue weighted by Crippen LogP contribution is -2.33. The van der Waals surface area contributed by atoms with Crippen molar-refractivity contribution in [1.29, 1.82) is 0 Å². The maximum absolute atomic E-state index is 11.8. The van der Waals surface area contributed by atoms with Gasteiger partial charge in [0.15, 0.2) is 0 Å². The van der Waals surface area contributed by atoms with Crippen molar-refractivity contribution >= 4 is 5.91 Å². The van der Waals surface area contributed by atoms with E-state index in [-0.39, 0.29) is 23.9 Å². The lowest BCUT2D eigenvalue weighted by molar-refractivity contribution is -0.121. The van der Waals surface area contributed by atoms with Crippen LogP contribution in [-0.2, 0) is 11.3 Å². The molecule has 0 radical (unpaired) electrons. The minimum atomic E-state index is -0.168. The number of hydrogen-bond donors (Lipinski definition) is 1. The van der Waals surface area contributed by atoms with Crippen LogP contribution >= 0.6 is 0 Å². The van der Waals surface area contributed by atoms with Crippen molar-refractivity contribution in [1.82, 2.24) is 9.88 Å². The van der Waals surface area contributed by atoms with Crippen molar-refractivity contribution < 1.29 is 4.79 Å². The van der Waals surface area contributed by atoms with Crippen LogP contribution in [0.5, 0.6) is 0 Å². The standard InChI is InChI=1S/C16H18N2O2/c1-13(14-7-3-2-4-8-14)11-17-15(19)12-18-10-6-5-9-16(18)20/h2-10,13H,11-12H2,1H3,(H,17,19). The molecule has 1 heterocycles. The number of nitrogens with zero attached hydrogens (tertiary/aromatic N) is 1. The highest BCUT2D eigenvalue weighted by Gasteiger charge is 2.08. The Hall–Kier alpha value is -2.36. The molecule has 0 bridgehead atoms. The average Bonchev–Trinajstić information content (AvgIpc) is 2.48. The molecule has 1 amide bonds. The van der Waals surface area contributed by atoms with Crippen LogP contribution in [0.4, 0.5) is 0 Å². The molecule has 1 N–H and O–H groups in total. The van der Waals surface area contributed by atoms with Crippen LogP contribution < -0.4 is 10.9 Å². The number of nitrogens with one attached hydrogen (secondary N) is 1. The molecule has 4 heteroatoms. The van der Waals surface area contributed by atoms with Gasteiger partial charge in [-0.25, -0.2) is 0 Å². The fraction of sp³-hybridized carbons (Fsp3) is 0.250. The molecule has 1 unspecified atom stereocenters. The van der Waals surface area contributed by atoms with E-state index in [4.69, 9.17) is 0 Å². The molecular formula is C16H18N2O2. The van der Waals surface area contributed by atoms with Crippen molar-refractivity contribution in [2.24, 2.45) is 0 Å². The Kier molecular flexibility index (Phi) is 4.71. The van der Waals surface area contributed by atoms with Crippen molar-refractivity contribution in [3.8, 4) is 0 Å². The third-order valence-electron chi connectivity index (χ3n) is 3.19. The van der Waals surface area contributed by atoms with Gasteiger partial charge in [0, 0.05) is 18.8 Å². The normalized spacial score (nSPS) is 11.8. The maximum Gasteiger partial charge on any atom is 0.250 e. The number of benzene rings is 1. The summed E-state index contributed by atoms with van der Waals surface area (Å²) >= 11 is 0. The van der Waals surface area contributed by atoms with Crippen molar-refractivity contribution in [2.45, 2.75) is 19.4 Å². The summed E-state index contributed by atoms with van der Waals surface area (Å²) in [6.45, 7) is 2.68. The van der Waals surface area contributed by atoms with Gasteiger partial charge in [0.05, 0.1) is 0 Å². The lowest BCUT2D eigenvalue weighted by atomic mass is 10.0. The third-order valence-corrected chi connectivity index (χ3v) is 3.19. The highest BCUT2D eigenvalue weighted by Crippen LogP contribution is 2.12. The quantitative estimate of drug-likeness (QED) is 0.900. The van der Waals surface area contributed by atoms with Gasteiger partial charge in [-0.15, -0.1) is 0 Å². The van der Waals surface area contributed by atoms with Gasteiger partial charge in [0.1, 0.15) is 6.54 Å². The van der Waals surface area contributed by atoms with Crippen molar-refractivity contribution in [3.63, 3.8) is 0 Å². The Labute approximate surface area is 118 Å². The number of rotatable bonds is 5. The molecule has 0 fully saturated rings. The molecule has 1 atom stereocenters. The van der Waals surface area contributed by atoms with E-state index in [2.05, 4.69) is 12.2 Å². The fourth-order valence-electron chi connectivity index (χ4n) is 1.97. The molecule has 1 aromatic carbocycles. The van der Waals surface area contributed by atoms with Crippen LogP contribution in [0.3, 0.4) is 0 Å². The third kappa shape index (κ3) is 3.82. The van der Waals surface area contributed by atoms with Gasteiger partial charge in [-0.3, -0.25) is 9.59 Å². The number of amides is 1. The van der Waals surface area contributed by atoms with Gasteiger partial charge in [-0.1, -0.05) is 43.3 Å². The Balaban J connectivity index is 1.87. The monoisotopic (exact) mass is 270 g/mol. The highest BCUT2D eigenvalue weighted by atomic mass is 16.2. The summed E-state index contributed by atoms with van der Waals surface area (Å²) in [6.07, 6.45) is 1.61. The van der Waals surface area contributed by atoms with Gasteiger partial charge in [-0.05, 0) is 17.5 Å². The van der Waals surface area contributed by atoms with E-state index in [9.17, 15) is 9.59 Å². The minimum Gasteiger partial charge on any atom is -0.354 e. The Morgan fingerprint density at radius 2 is 1.85 bits per heavy atom. The van der Waals surface area contributed by atoms with Crippen LogP contribution in [0.15, 0.2) is 59.5 Å². The van der Waals surface area contributed by atoms with Crippen LogP contribution in [0.25, 0.3) is 0 Å². The summed E-state index contributed by atoms with van der Waals surface area (Å²) in [5.74, 6) is 0.0914. The van der Waals surface area contributed by atoms with E-state index in [1.165, 1.54) is 16.2 Å². The summed E-state index contributed by atoms with van der Waals surface area (Å²) in [5, 5.41) is 2.86. The number of hydrogen-bond acceptors (Lipinski definition) is 2. The second-order valence-electron chi connectivity index (χ2n) is 4.78. The SMILES string of the molecule is CC(CNC(=O)Cn1ccccc1=O)c1ccccc1. The first kappa shape index (κ1) is 14.1. The molecule has 2 aromatic rings. The Morgan fingerprint density at radius 1 is 1.15 bits per heavy atom. The van der Waals surface area contributed by atoms with Crippen LogP contribution in [-0.4, -0.2) is 17.0 Å². The zero-order valence-corrected chi connectivity index (χ0v) is 11.5. The summed E-state index contributed by atoms with van der Waals surface area (Å²) in [5.41, 5.74) is 1.02. The van der Waals surface area contributed by atoms with E-state index in [0.29, 0.717) is 6.54 Å². The largest absolute Gasteiger partial charge is 0.354 e. The van der Waals surface area contributed by atoms with Gasteiger partial charge in [0.25, 0.3) is 5.56 Å². The molecule has 2 rings (SSSR count). The zero-order chi connectivity index (χ0) is 14.4. The number of carbonyl (C=O) groups is 1. The highest BCUT2D eigenvalue weighted by molar-refractivity contribution is 5.75. The van der Waals surface area contributed by atoms with Crippen LogP contribution in [0, 0.1) is 0 Å². The smallest absolute Gasteiger partial charge is 0.250 e. The molecule has 0 saturated heterocycles. The van der Waals surface area contributed by atoms with E-state index >= 15 is 0 Å². The van der Waals surface area contributed by atoms with Crippen LogP contribution in [0.1, 0.15) is 18.4 Å². The van der Waals surface area contributed by atoms with Crippen LogP contribution in [0.2, 0.25) is 0 Å². The predicted octanol–water partition coefficient (Wildman–Crippen LogP) is 1.77. The number of aromatic nitrogens is 1. The number of carbonyl (C=O) groups excluding carboxylic acids is 1. The number of pyridine rings is 1. The molecule has 1 aromatic heterocycles. The second kappa shape index (κ2) is 6.70.